The van der Waals surface area contributed by atoms with Crippen molar-refractivity contribution in [1.82, 2.24) is 20.5 Å². The monoisotopic (exact) mass is 802 g/mol. The molecule has 0 saturated carbocycles. The Kier molecular flexibility index (Phi) is 12.6. The Labute approximate surface area is 333 Å². The average Bonchev–Trinajstić information content (AvgIpc) is 3.72. The largest absolute Gasteiger partial charge is 0.507 e. The predicted molar refractivity (Wildman–Crippen MR) is 202 cm³/mol. The second-order valence-corrected chi connectivity index (χ2v) is 14.7. The first-order valence-corrected chi connectivity index (χ1v) is 19.0. The summed E-state index contributed by atoms with van der Waals surface area (Å²) in [6.07, 6.45) is 2.16. The van der Waals surface area contributed by atoms with E-state index >= 15 is 0 Å². The van der Waals surface area contributed by atoms with Crippen LogP contribution in [0.1, 0.15) is 99.0 Å². The van der Waals surface area contributed by atoms with Crippen LogP contribution in [0.5, 0.6) is 17.2 Å². The molecular weight excluding hydrogens is 756 g/mol. The number of phenols is 2. The molecule has 3 amide bonds. The highest BCUT2D eigenvalue weighted by atomic mass is 16.5. The Morgan fingerprint density at radius 3 is 2.40 bits per heavy atom. The topological polar surface area (TPSA) is 262 Å². The fourth-order valence-corrected chi connectivity index (χ4v) is 8.09. The summed E-state index contributed by atoms with van der Waals surface area (Å²) >= 11 is 0. The number of methoxy groups -OCH3 is 1. The number of likely N-dealkylation sites (tertiary alicyclic amines) is 1. The number of pyridine rings is 1. The van der Waals surface area contributed by atoms with Gasteiger partial charge in [0.2, 0.25) is 17.6 Å². The van der Waals surface area contributed by atoms with E-state index in [1.165, 1.54) is 42.6 Å². The van der Waals surface area contributed by atoms with Gasteiger partial charge in [-0.2, -0.15) is 0 Å². The molecule has 0 bridgehead atoms. The summed E-state index contributed by atoms with van der Waals surface area (Å²) in [7, 11) is 1.34. The smallest absolute Gasteiger partial charge is 0.252 e. The molecule has 4 aliphatic rings. The molecule has 1 unspecified atom stereocenters. The van der Waals surface area contributed by atoms with Crippen molar-refractivity contribution in [1.29, 1.82) is 0 Å². The van der Waals surface area contributed by atoms with Crippen LogP contribution in [0.15, 0.2) is 42.7 Å². The van der Waals surface area contributed by atoms with Gasteiger partial charge in [-0.3, -0.25) is 33.8 Å². The second kappa shape index (κ2) is 17.4. The van der Waals surface area contributed by atoms with Crippen LogP contribution in [0.2, 0.25) is 0 Å². The van der Waals surface area contributed by atoms with Gasteiger partial charge in [-0.15, -0.1) is 0 Å². The number of amides is 3. The lowest BCUT2D eigenvalue weighted by Crippen LogP contribution is -2.57. The quantitative estimate of drug-likeness (QED) is 0.122. The van der Waals surface area contributed by atoms with Gasteiger partial charge in [0.05, 0.1) is 42.0 Å². The van der Waals surface area contributed by atoms with Crippen LogP contribution in [0, 0.1) is 5.92 Å². The van der Waals surface area contributed by atoms with Crippen LogP contribution in [0.25, 0.3) is 0 Å². The summed E-state index contributed by atoms with van der Waals surface area (Å²) in [5.74, 6) is -4.62. The lowest BCUT2D eigenvalue weighted by Gasteiger charge is -2.35. The first kappa shape index (κ1) is 41.9. The van der Waals surface area contributed by atoms with Crippen LogP contribution in [0.4, 0.5) is 0 Å². The van der Waals surface area contributed by atoms with Gasteiger partial charge in [0, 0.05) is 53.7 Å². The van der Waals surface area contributed by atoms with Crippen molar-refractivity contribution in [2.24, 2.45) is 5.92 Å². The number of rotatable bonds is 8. The van der Waals surface area contributed by atoms with Crippen LogP contribution >= 0.6 is 0 Å². The molecule has 2 aliphatic heterocycles. The number of benzene rings is 2. The summed E-state index contributed by atoms with van der Waals surface area (Å²) in [4.78, 5) is 81.5. The standard InChI is InChI=1S/C21H18O8.C20H28N4O5/c1-29-13-4-2-3-9-15(13)21(28)17-16(18(9)25)19(26)10-5-8(12(24)7-22)6-11(23)14(10)20(17)27;1-12(22-18(26)14-5-8-21-9-6-14)20(28)24-10-3-4-16(24)19(27)23-15-7-11-29-13(2)17(15)25/h2-4,8,11,22-23,26-27H,5-7H2,1H3;5-6,8-9,12-13,15-17,25H,3-4,7,10-11H2,1-2H3,(H,22,26)(H,23,27)/t8?,11-;12-,13+,15+,16+,17-/m01/s1. The summed E-state index contributed by atoms with van der Waals surface area (Å²) in [6.45, 7) is 3.57. The van der Waals surface area contributed by atoms with Gasteiger partial charge in [-0.1, -0.05) is 12.1 Å². The normalized spacial score (nSPS) is 23.9. The number of phenolic OH excluding ortho intramolecular Hbond substituents is 2. The number of aromatic nitrogens is 1. The molecule has 0 spiro atoms. The predicted octanol–water partition coefficient (Wildman–Crippen LogP) is 0.884. The SMILES string of the molecule is COc1cccc2c1C(=O)c1c(O)c3c(c(O)c1C2=O)CC(C(=O)CO)C[C@@H]3O.C[C@@H]1OCC[C@H](NC(=O)[C@@H]2CCCN2C(=O)[C@@H](C)NC(=O)c2ccncc2)[C@@H]1O. The van der Waals surface area contributed by atoms with E-state index in [0.29, 0.717) is 38.0 Å². The number of hydrogen-bond acceptors (Lipinski definition) is 14. The molecule has 58 heavy (non-hydrogen) atoms. The van der Waals surface area contributed by atoms with Crippen molar-refractivity contribution in [2.45, 2.75) is 82.4 Å². The minimum Gasteiger partial charge on any atom is -0.507 e. The van der Waals surface area contributed by atoms with Crippen molar-refractivity contribution in [2.75, 3.05) is 26.9 Å². The number of aliphatic hydroxyl groups is 3. The molecule has 7 rings (SSSR count). The lowest BCUT2D eigenvalue weighted by atomic mass is 9.74. The molecule has 7 atom stereocenters. The fraction of sp³-hybridized carbons (Fsp3) is 0.439. The Hall–Kier alpha value is -5.75. The second-order valence-electron chi connectivity index (χ2n) is 14.7. The van der Waals surface area contributed by atoms with E-state index in [4.69, 9.17) is 14.6 Å². The number of hydrogen-bond donors (Lipinski definition) is 7. The maximum Gasteiger partial charge on any atom is 0.252 e. The van der Waals surface area contributed by atoms with Crippen molar-refractivity contribution in [3.8, 4) is 17.2 Å². The molecule has 2 aliphatic carbocycles. The fourth-order valence-electron chi connectivity index (χ4n) is 8.09. The number of aliphatic hydroxyl groups excluding tert-OH is 3. The Morgan fingerprint density at radius 1 is 1.00 bits per heavy atom. The summed E-state index contributed by atoms with van der Waals surface area (Å²) in [5, 5.41) is 57.1. The summed E-state index contributed by atoms with van der Waals surface area (Å²) in [5.41, 5.74) is -0.401. The van der Waals surface area contributed by atoms with E-state index in [-0.39, 0.29) is 70.2 Å². The van der Waals surface area contributed by atoms with Gasteiger partial charge in [0.15, 0.2) is 11.6 Å². The molecular formula is C41H46N4O13. The van der Waals surface area contributed by atoms with E-state index in [9.17, 15) is 49.2 Å². The molecule has 308 valence electrons. The molecule has 2 fully saturated rings. The zero-order valence-corrected chi connectivity index (χ0v) is 32.1. The number of ketones is 3. The zero-order chi connectivity index (χ0) is 42.0. The number of carbonyl (C=O) groups is 6. The Morgan fingerprint density at radius 2 is 1.71 bits per heavy atom. The van der Waals surface area contributed by atoms with Crippen molar-refractivity contribution in [3.05, 3.63) is 81.7 Å². The third-order valence-electron chi connectivity index (χ3n) is 11.2. The molecule has 17 nitrogen and oxygen atoms in total. The third-order valence-corrected chi connectivity index (χ3v) is 11.2. The Bertz CT molecular complexity index is 2130. The van der Waals surface area contributed by atoms with Crippen LogP contribution in [-0.4, -0.2) is 128 Å². The number of nitrogens with one attached hydrogen (secondary N) is 2. The maximum absolute atomic E-state index is 13.1. The highest BCUT2D eigenvalue weighted by Crippen LogP contribution is 2.50. The van der Waals surface area contributed by atoms with Gasteiger partial charge in [0.1, 0.15) is 42.0 Å². The van der Waals surface area contributed by atoms with Crippen molar-refractivity contribution in [3.63, 3.8) is 0 Å². The zero-order valence-electron chi connectivity index (χ0n) is 32.1. The van der Waals surface area contributed by atoms with E-state index in [0.717, 1.165) is 0 Å². The first-order chi connectivity index (χ1) is 27.7. The number of fused-ring (bicyclic) bond motifs is 3. The molecule has 3 aromatic rings. The van der Waals surface area contributed by atoms with E-state index in [1.54, 1.807) is 26.0 Å². The minimum absolute atomic E-state index is 0.0239. The first-order valence-electron chi connectivity index (χ1n) is 19.0. The highest BCUT2D eigenvalue weighted by molar-refractivity contribution is 6.31. The van der Waals surface area contributed by atoms with E-state index in [1.807, 2.05) is 0 Å². The van der Waals surface area contributed by atoms with Crippen molar-refractivity contribution < 1.29 is 63.8 Å². The third kappa shape index (κ3) is 7.90. The number of Topliss-reactive ketones (excluding diaryl/α,β-unsaturated/α-hetero) is 1. The van der Waals surface area contributed by atoms with Gasteiger partial charge in [-0.25, -0.2) is 0 Å². The van der Waals surface area contributed by atoms with Gasteiger partial charge in [0.25, 0.3) is 5.91 Å². The van der Waals surface area contributed by atoms with Crippen molar-refractivity contribution >= 4 is 35.1 Å². The highest BCUT2D eigenvalue weighted by Gasteiger charge is 2.43. The molecule has 0 radical (unpaired) electrons. The molecule has 2 aromatic carbocycles. The number of ether oxygens (including phenoxy) is 2. The van der Waals surface area contributed by atoms with Crippen LogP contribution in [-0.2, 0) is 25.5 Å². The molecule has 2 saturated heterocycles. The molecule has 1 aromatic heterocycles. The van der Waals surface area contributed by atoms with E-state index < -0.39 is 77.3 Å². The van der Waals surface area contributed by atoms with E-state index in [2.05, 4.69) is 15.6 Å². The average molecular weight is 803 g/mol. The molecule has 17 heteroatoms. The maximum atomic E-state index is 13.1. The van der Waals surface area contributed by atoms with Gasteiger partial charge < -0.3 is 50.5 Å². The molecule has 7 N–H and O–H groups in total. The number of nitrogens with zero attached hydrogens (tertiary/aromatic N) is 2. The number of carbonyl (C=O) groups excluding carboxylic acids is 6. The number of aromatic hydroxyl groups is 2. The Balaban J connectivity index is 0.000000196. The summed E-state index contributed by atoms with van der Waals surface area (Å²) in [6, 6.07) is 5.83. The van der Waals surface area contributed by atoms with Crippen LogP contribution in [0.3, 0.4) is 0 Å². The van der Waals surface area contributed by atoms with Gasteiger partial charge in [-0.05, 0) is 64.2 Å². The minimum atomic E-state index is -1.35. The molecule has 3 heterocycles. The lowest BCUT2D eigenvalue weighted by molar-refractivity contribution is -0.141. The van der Waals surface area contributed by atoms with Gasteiger partial charge >= 0.3 is 0 Å². The summed E-state index contributed by atoms with van der Waals surface area (Å²) < 4.78 is 10.6. The van der Waals surface area contributed by atoms with Crippen LogP contribution < -0.4 is 15.4 Å².